The summed E-state index contributed by atoms with van der Waals surface area (Å²) in [5, 5.41) is 13.8. The van der Waals surface area contributed by atoms with E-state index in [1.807, 2.05) is 24.3 Å². The van der Waals surface area contributed by atoms with Gasteiger partial charge in [-0.25, -0.2) is 0 Å². The van der Waals surface area contributed by atoms with E-state index < -0.39 is 10.8 Å². The third-order valence-corrected chi connectivity index (χ3v) is 4.61. The zero-order chi connectivity index (χ0) is 17.8. The highest BCUT2D eigenvalue weighted by Gasteiger charge is 2.20. The van der Waals surface area contributed by atoms with E-state index in [1.54, 1.807) is 12.1 Å². The first kappa shape index (κ1) is 17.0. The Bertz CT molecular complexity index is 774. The molecule has 1 amide bonds. The van der Waals surface area contributed by atoms with Crippen molar-refractivity contribution in [3.63, 3.8) is 0 Å². The number of anilines is 2. The van der Waals surface area contributed by atoms with Crippen molar-refractivity contribution in [1.82, 2.24) is 0 Å². The normalized spacial score (nSPS) is 17.2. The Morgan fingerprint density at radius 3 is 2.56 bits per heavy atom. The van der Waals surface area contributed by atoms with E-state index >= 15 is 0 Å². The van der Waals surface area contributed by atoms with Crippen molar-refractivity contribution in [3.8, 4) is 0 Å². The predicted octanol–water partition coefficient (Wildman–Crippen LogP) is 4.23. The van der Waals surface area contributed by atoms with Crippen LogP contribution in [0.4, 0.5) is 17.1 Å². The van der Waals surface area contributed by atoms with Crippen LogP contribution in [0.1, 0.15) is 36.5 Å². The van der Waals surface area contributed by atoms with Gasteiger partial charge in [-0.1, -0.05) is 12.1 Å². The molecule has 0 aromatic heterocycles. The maximum atomic E-state index is 12.4. The van der Waals surface area contributed by atoms with Crippen molar-refractivity contribution in [3.05, 3.63) is 64.2 Å². The van der Waals surface area contributed by atoms with Crippen LogP contribution in [0.5, 0.6) is 0 Å². The minimum Gasteiger partial charge on any atom is -0.369 e. The first-order valence-corrected chi connectivity index (χ1v) is 8.48. The van der Waals surface area contributed by atoms with Gasteiger partial charge < -0.3 is 10.2 Å². The van der Waals surface area contributed by atoms with Gasteiger partial charge in [0.25, 0.3) is 11.6 Å². The van der Waals surface area contributed by atoms with Gasteiger partial charge in [0.2, 0.25) is 0 Å². The summed E-state index contributed by atoms with van der Waals surface area (Å²) in [6.07, 6.45) is 3.65. The van der Waals surface area contributed by atoms with E-state index in [2.05, 4.69) is 17.1 Å². The van der Waals surface area contributed by atoms with E-state index in [0.29, 0.717) is 11.7 Å². The molecule has 130 valence electrons. The summed E-state index contributed by atoms with van der Waals surface area (Å²) in [6, 6.07) is 14.1. The summed E-state index contributed by atoms with van der Waals surface area (Å²) in [4.78, 5) is 25.2. The summed E-state index contributed by atoms with van der Waals surface area (Å²) >= 11 is 0. The van der Waals surface area contributed by atoms with Crippen LogP contribution in [-0.2, 0) is 0 Å². The molecule has 0 saturated carbocycles. The number of nitrogens with zero attached hydrogens (tertiary/aromatic N) is 2. The van der Waals surface area contributed by atoms with Gasteiger partial charge in [-0.05, 0) is 56.5 Å². The smallest absolute Gasteiger partial charge is 0.282 e. The summed E-state index contributed by atoms with van der Waals surface area (Å²) in [5.74, 6) is -0.480. The average molecular weight is 339 g/mol. The largest absolute Gasteiger partial charge is 0.369 e. The lowest BCUT2D eigenvalue weighted by atomic mass is 10.0. The number of nitro groups is 1. The fourth-order valence-electron chi connectivity index (χ4n) is 3.24. The fraction of sp³-hybridized carbons (Fsp3) is 0.316. The Morgan fingerprint density at radius 2 is 1.88 bits per heavy atom. The number of nitrogens with one attached hydrogen (secondary N) is 1. The van der Waals surface area contributed by atoms with Gasteiger partial charge in [0.05, 0.1) is 4.92 Å². The second-order valence-corrected chi connectivity index (χ2v) is 6.31. The molecule has 25 heavy (non-hydrogen) atoms. The highest BCUT2D eigenvalue weighted by atomic mass is 16.6. The molecule has 3 rings (SSSR count). The van der Waals surface area contributed by atoms with E-state index in [9.17, 15) is 14.9 Å². The zero-order valence-electron chi connectivity index (χ0n) is 14.1. The summed E-state index contributed by atoms with van der Waals surface area (Å²) in [6.45, 7) is 3.27. The molecule has 6 nitrogen and oxygen atoms in total. The second-order valence-electron chi connectivity index (χ2n) is 6.31. The number of hydrogen-bond acceptors (Lipinski definition) is 4. The van der Waals surface area contributed by atoms with Gasteiger partial charge >= 0.3 is 0 Å². The van der Waals surface area contributed by atoms with E-state index in [0.717, 1.165) is 12.2 Å². The summed E-state index contributed by atoms with van der Waals surface area (Å²) in [7, 11) is 0. The Labute approximate surface area is 146 Å². The third-order valence-electron chi connectivity index (χ3n) is 4.61. The van der Waals surface area contributed by atoms with E-state index in [-0.39, 0.29) is 11.3 Å². The monoisotopic (exact) mass is 339 g/mol. The van der Waals surface area contributed by atoms with Crippen molar-refractivity contribution >= 4 is 23.0 Å². The SMILES string of the molecule is C[C@@H]1CCCCN1c1ccc(NC(=O)c2ccccc2[N+](=O)[O-])cc1. The molecule has 2 aromatic carbocycles. The number of nitro benzene ring substituents is 1. The van der Waals surface area contributed by atoms with Crippen LogP contribution in [0.15, 0.2) is 48.5 Å². The maximum absolute atomic E-state index is 12.4. The van der Waals surface area contributed by atoms with Crippen molar-refractivity contribution in [1.29, 1.82) is 0 Å². The topological polar surface area (TPSA) is 75.5 Å². The van der Waals surface area contributed by atoms with Crippen molar-refractivity contribution < 1.29 is 9.72 Å². The van der Waals surface area contributed by atoms with Crippen LogP contribution in [0.2, 0.25) is 0 Å². The highest BCUT2D eigenvalue weighted by molar-refractivity contribution is 6.07. The van der Waals surface area contributed by atoms with Crippen molar-refractivity contribution in [2.75, 3.05) is 16.8 Å². The molecule has 0 aliphatic carbocycles. The molecule has 1 N–H and O–H groups in total. The fourth-order valence-corrected chi connectivity index (χ4v) is 3.24. The first-order chi connectivity index (χ1) is 12.1. The minimum atomic E-state index is -0.546. The quantitative estimate of drug-likeness (QED) is 0.668. The lowest BCUT2D eigenvalue weighted by Gasteiger charge is -2.35. The molecule has 6 heteroatoms. The zero-order valence-corrected chi connectivity index (χ0v) is 14.1. The standard InChI is InChI=1S/C19H21N3O3/c1-14-6-4-5-13-21(14)16-11-9-15(10-12-16)20-19(23)17-7-2-3-8-18(17)22(24)25/h2-3,7-12,14H,4-6,13H2,1H3,(H,20,23)/t14-/m1/s1. The Morgan fingerprint density at radius 1 is 1.16 bits per heavy atom. The van der Waals surface area contributed by atoms with Crippen LogP contribution in [-0.4, -0.2) is 23.4 Å². The number of hydrogen-bond donors (Lipinski definition) is 1. The number of benzene rings is 2. The van der Waals surface area contributed by atoms with E-state index in [1.165, 1.54) is 31.4 Å². The van der Waals surface area contributed by atoms with Crippen molar-refractivity contribution in [2.45, 2.75) is 32.2 Å². The Hall–Kier alpha value is -2.89. The van der Waals surface area contributed by atoms with Gasteiger partial charge in [0.1, 0.15) is 5.56 Å². The summed E-state index contributed by atoms with van der Waals surface area (Å²) < 4.78 is 0. The minimum absolute atomic E-state index is 0.0567. The Balaban J connectivity index is 1.73. The maximum Gasteiger partial charge on any atom is 0.282 e. The van der Waals surface area contributed by atoms with Gasteiger partial charge in [0, 0.05) is 30.0 Å². The van der Waals surface area contributed by atoms with Gasteiger partial charge in [-0.2, -0.15) is 0 Å². The molecule has 0 spiro atoms. The number of para-hydroxylation sites is 1. The number of rotatable bonds is 4. The van der Waals surface area contributed by atoms with Crippen LogP contribution < -0.4 is 10.2 Å². The average Bonchev–Trinajstić information content (AvgIpc) is 2.63. The molecular weight excluding hydrogens is 318 g/mol. The predicted molar refractivity (Wildman–Crippen MR) is 98.2 cm³/mol. The molecule has 0 bridgehead atoms. The van der Waals surface area contributed by atoms with Gasteiger partial charge in [0.15, 0.2) is 0 Å². The second kappa shape index (κ2) is 7.34. The van der Waals surface area contributed by atoms with Crippen LogP contribution in [0.3, 0.4) is 0 Å². The van der Waals surface area contributed by atoms with Gasteiger partial charge in [-0.15, -0.1) is 0 Å². The molecule has 2 aromatic rings. The summed E-state index contributed by atoms with van der Waals surface area (Å²) in [5.41, 5.74) is 1.62. The highest BCUT2D eigenvalue weighted by Crippen LogP contribution is 2.26. The van der Waals surface area contributed by atoms with Gasteiger partial charge in [-0.3, -0.25) is 14.9 Å². The van der Waals surface area contributed by atoms with Crippen LogP contribution in [0.25, 0.3) is 0 Å². The number of carbonyl (C=O) groups excluding carboxylic acids is 1. The number of piperidine rings is 1. The van der Waals surface area contributed by atoms with Crippen LogP contribution in [0, 0.1) is 10.1 Å². The molecule has 1 heterocycles. The molecule has 1 saturated heterocycles. The molecule has 0 radical (unpaired) electrons. The number of amides is 1. The Kier molecular flexibility index (Phi) is 4.97. The molecular formula is C19H21N3O3. The molecule has 1 atom stereocenters. The third kappa shape index (κ3) is 3.79. The lowest BCUT2D eigenvalue weighted by Crippen LogP contribution is -2.37. The lowest BCUT2D eigenvalue weighted by molar-refractivity contribution is -0.385. The molecule has 1 fully saturated rings. The van der Waals surface area contributed by atoms with Crippen molar-refractivity contribution in [2.24, 2.45) is 0 Å². The molecule has 1 aliphatic heterocycles. The molecule has 0 unspecified atom stereocenters. The molecule has 1 aliphatic rings. The number of carbonyl (C=O) groups is 1. The first-order valence-electron chi connectivity index (χ1n) is 8.48. The van der Waals surface area contributed by atoms with Crippen LogP contribution >= 0.6 is 0 Å². The van der Waals surface area contributed by atoms with E-state index in [4.69, 9.17) is 0 Å².